The first-order valence-electron chi connectivity index (χ1n) is 12.2. The number of hydrogen-bond acceptors (Lipinski definition) is 14. The average molecular weight is 613 g/mol. The lowest BCUT2D eigenvalue weighted by molar-refractivity contribution is -0.287. The lowest BCUT2D eigenvalue weighted by Gasteiger charge is -2.44. The molecule has 1 aliphatic heterocycles. The summed E-state index contributed by atoms with van der Waals surface area (Å²) in [5.74, 6) is -1.65. The number of carbonyl (C=O) groups is 5. The Labute approximate surface area is 244 Å². The molecule has 3 heterocycles. The van der Waals surface area contributed by atoms with Crippen molar-refractivity contribution in [3.8, 4) is 11.5 Å². The molecule has 1 aliphatic rings. The number of rotatable bonds is 10. The van der Waals surface area contributed by atoms with Gasteiger partial charge < -0.3 is 33.5 Å². The van der Waals surface area contributed by atoms with Crippen molar-refractivity contribution >= 4 is 52.1 Å². The Morgan fingerprint density at radius 2 is 1.37 bits per heavy atom. The van der Waals surface area contributed by atoms with Gasteiger partial charge in [0.1, 0.15) is 34.0 Å². The molecule has 5 atom stereocenters. The van der Waals surface area contributed by atoms with Crippen LogP contribution in [0.25, 0.3) is 0 Å². The van der Waals surface area contributed by atoms with Gasteiger partial charge in [-0.1, -0.05) is 6.58 Å². The molecule has 0 bridgehead atoms. The van der Waals surface area contributed by atoms with Crippen LogP contribution in [-0.4, -0.2) is 71.9 Å². The maximum Gasteiger partial charge on any atom is 0.303 e. The van der Waals surface area contributed by atoms with E-state index < -0.39 is 48.6 Å². The molecule has 2 aromatic rings. The number of hydrogen-bond donors (Lipinski definition) is 1. The number of esters is 3. The van der Waals surface area contributed by atoms with Gasteiger partial charge in [0.15, 0.2) is 23.8 Å². The van der Waals surface area contributed by atoms with Crippen LogP contribution < -0.4 is 4.74 Å². The van der Waals surface area contributed by atoms with Gasteiger partial charge in [-0.3, -0.25) is 24.0 Å². The third-order valence-electron chi connectivity index (χ3n) is 5.14. The highest BCUT2D eigenvalue weighted by molar-refractivity contribution is 7.12. The summed E-state index contributed by atoms with van der Waals surface area (Å²) in [5.41, 5.74) is 0. The number of allylic oxidation sites excluding steroid dienone is 1. The molecule has 1 fully saturated rings. The molecule has 0 aromatic carbocycles. The van der Waals surface area contributed by atoms with Gasteiger partial charge in [0.2, 0.25) is 12.4 Å². The zero-order valence-electron chi connectivity index (χ0n) is 23.4. The summed E-state index contributed by atoms with van der Waals surface area (Å²) in [6.07, 6.45) is -5.76. The summed E-state index contributed by atoms with van der Waals surface area (Å²) in [6.45, 7) is 11.4. The number of carbonyl (C=O) groups excluding carboxylic acids is 5. The SMILES string of the molecule is C=C(C)OC1C(Oc2ccsc2C(C)=O)OC(COC(C)=O)C(OC(C)=O)C1OC(C)=O.CC(=O)c1sccc1O. The maximum absolute atomic E-state index is 11.9. The minimum absolute atomic E-state index is 0.0810. The van der Waals surface area contributed by atoms with Crippen molar-refractivity contribution in [2.24, 2.45) is 0 Å². The van der Waals surface area contributed by atoms with E-state index in [1.54, 1.807) is 23.8 Å². The number of ketones is 2. The Kier molecular flexibility index (Phi) is 12.5. The summed E-state index contributed by atoms with van der Waals surface area (Å²) in [4.78, 5) is 58.3. The van der Waals surface area contributed by atoms with Crippen LogP contribution in [0.3, 0.4) is 0 Å². The zero-order chi connectivity index (χ0) is 30.9. The molecule has 3 rings (SSSR count). The number of Topliss-reactive ketones (excluding diaryl/α,β-unsaturated/α-hetero) is 2. The van der Waals surface area contributed by atoms with Crippen molar-refractivity contribution in [1.82, 2.24) is 0 Å². The highest BCUT2D eigenvalue weighted by atomic mass is 32.1. The molecule has 224 valence electrons. The molecular weight excluding hydrogens is 580 g/mol. The largest absolute Gasteiger partial charge is 0.506 e. The van der Waals surface area contributed by atoms with E-state index in [1.807, 2.05) is 0 Å². The second-order valence-corrected chi connectivity index (χ2v) is 10.6. The third-order valence-corrected chi connectivity index (χ3v) is 7.14. The Balaban J connectivity index is 0.000000553. The summed E-state index contributed by atoms with van der Waals surface area (Å²) < 4.78 is 33.5. The zero-order valence-corrected chi connectivity index (χ0v) is 25.0. The first-order chi connectivity index (χ1) is 19.2. The maximum atomic E-state index is 11.9. The molecule has 0 radical (unpaired) electrons. The van der Waals surface area contributed by atoms with Gasteiger partial charge in [-0.05, 0) is 29.8 Å². The number of ether oxygens (including phenoxy) is 6. The van der Waals surface area contributed by atoms with Gasteiger partial charge in [0.25, 0.3) is 0 Å². The fraction of sp³-hybridized carbons (Fsp3) is 0.444. The number of aromatic hydroxyl groups is 1. The molecule has 12 nitrogen and oxygen atoms in total. The summed E-state index contributed by atoms with van der Waals surface area (Å²) >= 11 is 2.44. The van der Waals surface area contributed by atoms with E-state index >= 15 is 0 Å². The van der Waals surface area contributed by atoms with Crippen molar-refractivity contribution in [3.63, 3.8) is 0 Å². The fourth-order valence-electron chi connectivity index (χ4n) is 3.66. The van der Waals surface area contributed by atoms with Crippen LogP contribution in [0.2, 0.25) is 0 Å². The second-order valence-electron chi connectivity index (χ2n) is 8.76. The van der Waals surface area contributed by atoms with Crippen LogP contribution >= 0.6 is 22.7 Å². The molecule has 2 aromatic heterocycles. The van der Waals surface area contributed by atoms with E-state index in [-0.39, 0.29) is 35.4 Å². The van der Waals surface area contributed by atoms with Gasteiger partial charge >= 0.3 is 17.9 Å². The Bertz CT molecular complexity index is 1260. The fourth-order valence-corrected chi connectivity index (χ4v) is 5.08. The van der Waals surface area contributed by atoms with E-state index in [2.05, 4.69) is 6.58 Å². The summed E-state index contributed by atoms with van der Waals surface area (Å²) in [6, 6.07) is 3.10. The average Bonchev–Trinajstić information content (AvgIpc) is 3.50. The molecule has 0 aliphatic carbocycles. The minimum Gasteiger partial charge on any atom is -0.506 e. The number of thiophene rings is 2. The highest BCUT2D eigenvalue weighted by Crippen LogP contribution is 2.34. The van der Waals surface area contributed by atoms with E-state index in [4.69, 9.17) is 33.5 Å². The van der Waals surface area contributed by atoms with Crippen LogP contribution in [-0.2, 0) is 38.1 Å². The molecule has 0 saturated carbocycles. The van der Waals surface area contributed by atoms with E-state index in [9.17, 15) is 24.0 Å². The van der Waals surface area contributed by atoms with Gasteiger partial charge in [0.05, 0.1) is 5.76 Å². The molecule has 5 unspecified atom stereocenters. The van der Waals surface area contributed by atoms with Crippen molar-refractivity contribution < 1.29 is 57.5 Å². The Morgan fingerprint density at radius 3 is 1.83 bits per heavy atom. The second kappa shape index (κ2) is 15.3. The van der Waals surface area contributed by atoms with E-state index in [1.165, 1.54) is 63.4 Å². The normalized spacial score (nSPS) is 21.4. The third kappa shape index (κ3) is 9.99. The van der Waals surface area contributed by atoms with Gasteiger partial charge in [-0.2, -0.15) is 0 Å². The summed E-state index contributed by atoms with van der Waals surface area (Å²) in [5, 5.41) is 12.3. The van der Waals surface area contributed by atoms with Crippen LogP contribution in [0, 0.1) is 0 Å². The molecule has 1 saturated heterocycles. The van der Waals surface area contributed by atoms with Crippen molar-refractivity contribution in [3.05, 3.63) is 45.0 Å². The standard InChI is InChI=1S/C21H26O10S.C6H6O2S/c1-10(2)27-19-18(29-14(6)25)17(28-13(5)24)16(9-26-12(4)23)31-21(19)30-15-7-8-32-20(15)11(3)22;1-4(7)6-5(8)2-3-9-6/h7-8,16-19,21H,1,9H2,2-6H3;2-3,8H,1H3. The van der Waals surface area contributed by atoms with Gasteiger partial charge in [-0.15, -0.1) is 22.7 Å². The monoisotopic (exact) mass is 612 g/mol. The highest BCUT2D eigenvalue weighted by Gasteiger charge is 2.53. The lowest BCUT2D eigenvalue weighted by atomic mass is 9.98. The lowest BCUT2D eigenvalue weighted by Crippen LogP contribution is -2.63. The van der Waals surface area contributed by atoms with Crippen molar-refractivity contribution in [2.45, 2.75) is 72.2 Å². The molecular formula is C27H32O12S2. The quantitative estimate of drug-likeness (QED) is 0.178. The predicted molar refractivity (Wildman–Crippen MR) is 147 cm³/mol. The van der Waals surface area contributed by atoms with Crippen molar-refractivity contribution in [1.29, 1.82) is 0 Å². The van der Waals surface area contributed by atoms with Crippen LogP contribution in [0.15, 0.2) is 35.2 Å². The van der Waals surface area contributed by atoms with Gasteiger partial charge in [-0.25, -0.2) is 0 Å². The first-order valence-corrected chi connectivity index (χ1v) is 13.9. The molecule has 0 spiro atoms. The van der Waals surface area contributed by atoms with E-state index in [0.717, 1.165) is 0 Å². The molecule has 0 amide bonds. The molecule has 1 N–H and O–H groups in total. The first kappa shape index (κ1) is 33.5. The molecule has 14 heteroatoms. The predicted octanol–water partition coefficient (Wildman–Crippen LogP) is 4.06. The van der Waals surface area contributed by atoms with Gasteiger partial charge in [0, 0.05) is 34.6 Å². The minimum atomic E-state index is -1.23. The Hall–Kier alpha value is -3.75. The van der Waals surface area contributed by atoms with Crippen LogP contribution in [0.5, 0.6) is 11.5 Å². The smallest absolute Gasteiger partial charge is 0.303 e. The van der Waals surface area contributed by atoms with E-state index in [0.29, 0.717) is 9.75 Å². The Morgan fingerprint density at radius 1 is 0.805 bits per heavy atom. The van der Waals surface area contributed by atoms with Crippen LogP contribution in [0.1, 0.15) is 60.9 Å². The summed E-state index contributed by atoms with van der Waals surface area (Å²) in [7, 11) is 0. The van der Waals surface area contributed by atoms with Crippen molar-refractivity contribution in [2.75, 3.05) is 6.61 Å². The topological polar surface area (TPSA) is 161 Å². The van der Waals surface area contributed by atoms with Crippen LogP contribution in [0.4, 0.5) is 0 Å². The molecule has 41 heavy (non-hydrogen) atoms.